The Morgan fingerprint density at radius 2 is 2.11 bits per heavy atom. The maximum Gasteiger partial charge on any atom is 0.264 e. The van der Waals surface area contributed by atoms with Gasteiger partial charge in [0.25, 0.3) is 10.1 Å². The van der Waals surface area contributed by atoms with Gasteiger partial charge in [0.1, 0.15) is 0 Å². The summed E-state index contributed by atoms with van der Waals surface area (Å²) in [6.07, 6.45) is 3.55. The molecule has 1 saturated heterocycles. The summed E-state index contributed by atoms with van der Waals surface area (Å²) in [6, 6.07) is -0.125. The highest BCUT2D eigenvalue weighted by Gasteiger charge is 2.25. The van der Waals surface area contributed by atoms with Crippen LogP contribution in [0.25, 0.3) is 0 Å². The predicted octanol–water partition coefficient (Wildman–Crippen LogP) is -0.111. The van der Waals surface area contributed by atoms with E-state index < -0.39 is 20.4 Å². The average molecular weight is 297 g/mol. The van der Waals surface area contributed by atoms with Crippen LogP contribution in [0.4, 0.5) is 0 Å². The van der Waals surface area contributed by atoms with Crippen LogP contribution in [0, 0.1) is 0 Å². The van der Waals surface area contributed by atoms with Crippen LogP contribution in [0.2, 0.25) is 0 Å². The minimum atomic E-state index is -3.41. The monoisotopic (exact) mass is 297 g/mol. The Morgan fingerprint density at radius 3 is 2.67 bits per heavy atom. The van der Waals surface area contributed by atoms with Crippen LogP contribution in [0.3, 0.4) is 0 Å². The first-order valence-corrected chi connectivity index (χ1v) is 8.70. The van der Waals surface area contributed by atoms with Crippen molar-refractivity contribution in [1.82, 2.24) is 4.90 Å². The first kappa shape index (κ1) is 15.6. The average Bonchev–Trinajstić information content (AvgIpc) is 2.24. The van der Waals surface area contributed by atoms with Crippen molar-refractivity contribution in [2.75, 3.05) is 26.5 Å². The van der Waals surface area contributed by atoms with E-state index in [0.29, 0.717) is 24.1 Å². The first-order chi connectivity index (χ1) is 8.31. The summed E-state index contributed by atoms with van der Waals surface area (Å²) < 4.78 is 48.4. The fourth-order valence-corrected chi connectivity index (χ4v) is 3.39. The van der Waals surface area contributed by atoms with Crippen molar-refractivity contribution in [3.8, 4) is 0 Å². The summed E-state index contributed by atoms with van der Waals surface area (Å²) in [4.78, 5) is 2.51. The lowest BCUT2D eigenvalue weighted by atomic mass is 9.98. The Morgan fingerprint density at radius 1 is 1.44 bits per heavy atom. The molecule has 0 aromatic heterocycles. The van der Waals surface area contributed by atoms with Crippen molar-refractivity contribution in [2.24, 2.45) is 0 Å². The second-order valence-electron chi connectivity index (χ2n) is 4.47. The molecule has 6 nitrogen and oxygen atoms in total. The van der Waals surface area contributed by atoms with Crippen LogP contribution in [0.5, 0.6) is 0 Å². The van der Waals surface area contributed by atoms with Gasteiger partial charge in [-0.25, -0.2) is 0 Å². The molecule has 1 fully saturated rings. The zero-order valence-electron chi connectivity index (χ0n) is 10.6. The SMILES string of the molecule is CN1CCCC(=S(=O)=O)C1CCCOS(C)(=O)=O. The molecule has 0 aliphatic carbocycles. The van der Waals surface area contributed by atoms with Crippen molar-refractivity contribution in [3.05, 3.63) is 0 Å². The molecule has 1 unspecified atom stereocenters. The summed E-state index contributed by atoms with van der Waals surface area (Å²) in [6.45, 7) is 0.959. The zero-order valence-corrected chi connectivity index (χ0v) is 12.3. The molecule has 0 saturated carbocycles. The third-order valence-electron chi connectivity index (χ3n) is 2.97. The fourth-order valence-electron chi connectivity index (χ4n) is 2.13. The van der Waals surface area contributed by atoms with Crippen LogP contribution in [-0.2, 0) is 24.6 Å². The number of nitrogens with zero attached hydrogens (tertiary/aromatic N) is 1. The summed E-state index contributed by atoms with van der Waals surface area (Å²) in [5.74, 6) is 0. The highest BCUT2D eigenvalue weighted by atomic mass is 32.2. The Labute approximate surface area is 110 Å². The van der Waals surface area contributed by atoms with Crippen LogP contribution >= 0.6 is 0 Å². The molecule has 0 spiro atoms. The molecular formula is C10H19NO5S2. The number of rotatable bonds is 5. The maximum atomic E-state index is 11.1. The van der Waals surface area contributed by atoms with Gasteiger partial charge in [0.2, 0.25) is 10.3 Å². The van der Waals surface area contributed by atoms with E-state index in [1.54, 1.807) is 0 Å². The Kier molecular flexibility index (Phi) is 5.77. The van der Waals surface area contributed by atoms with Gasteiger partial charge >= 0.3 is 0 Å². The van der Waals surface area contributed by atoms with E-state index in [0.717, 1.165) is 19.2 Å². The van der Waals surface area contributed by atoms with E-state index in [9.17, 15) is 16.8 Å². The molecule has 0 aromatic rings. The van der Waals surface area contributed by atoms with E-state index in [2.05, 4.69) is 4.18 Å². The maximum absolute atomic E-state index is 11.1. The highest BCUT2D eigenvalue weighted by molar-refractivity contribution is 7.85. The Balaban J connectivity index is 2.55. The molecule has 1 heterocycles. The van der Waals surface area contributed by atoms with Crippen molar-refractivity contribution in [2.45, 2.75) is 31.7 Å². The summed E-state index contributed by atoms with van der Waals surface area (Å²) in [5, 5.41) is 0. The van der Waals surface area contributed by atoms with Crippen LogP contribution in [0.1, 0.15) is 25.7 Å². The molecule has 0 N–H and O–H groups in total. The predicted molar refractivity (Wildman–Crippen MR) is 69.6 cm³/mol. The molecule has 0 amide bonds. The van der Waals surface area contributed by atoms with Crippen molar-refractivity contribution in [1.29, 1.82) is 0 Å². The zero-order chi connectivity index (χ0) is 13.8. The third kappa shape index (κ3) is 5.05. The second-order valence-corrected chi connectivity index (χ2v) is 7.11. The number of likely N-dealkylation sites (tertiary alicyclic amines) is 1. The van der Waals surface area contributed by atoms with Crippen molar-refractivity contribution >= 4 is 25.3 Å². The molecule has 0 bridgehead atoms. The Bertz CT molecular complexity index is 500. The summed E-state index contributed by atoms with van der Waals surface area (Å²) in [7, 11) is -3.69. The molecule has 0 radical (unpaired) electrons. The van der Waals surface area contributed by atoms with Gasteiger partial charge in [-0.2, -0.15) is 16.8 Å². The van der Waals surface area contributed by atoms with Crippen LogP contribution in [0.15, 0.2) is 0 Å². The van der Waals surface area contributed by atoms with Gasteiger partial charge in [0, 0.05) is 6.04 Å². The minimum absolute atomic E-state index is 0.0992. The standard InChI is InChI=1S/C10H19NO5S2/c1-11-7-3-6-10(17(12)13)9(11)5-4-8-16-18(2,14)15/h9H,3-8H2,1-2H3. The van der Waals surface area contributed by atoms with E-state index in [1.807, 2.05) is 11.9 Å². The number of hydrogen-bond acceptors (Lipinski definition) is 6. The molecule has 18 heavy (non-hydrogen) atoms. The minimum Gasteiger partial charge on any atom is -0.299 e. The molecule has 8 heteroatoms. The molecule has 1 aliphatic rings. The van der Waals surface area contributed by atoms with E-state index >= 15 is 0 Å². The lowest BCUT2D eigenvalue weighted by molar-refractivity contribution is 0.242. The third-order valence-corrected chi connectivity index (χ3v) is 4.47. The topological polar surface area (TPSA) is 80.8 Å². The van der Waals surface area contributed by atoms with E-state index in [-0.39, 0.29) is 12.6 Å². The number of hydrogen-bond donors (Lipinski definition) is 0. The van der Waals surface area contributed by atoms with Crippen LogP contribution in [-0.4, -0.2) is 59.1 Å². The second kappa shape index (κ2) is 6.65. The summed E-state index contributed by atoms with van der Waals surface area (Å²) >= 11 is 0. The molecule has 106 valence electrons. The fraction of sp³-hybridized carbons (Fsp3) is 0.900. The van der Waals surface area contributed by atoms with Gasteiger partial charge in [-0.15, -0.1) is 0 Å². The van der Waals surface area contributed by atoms with Crippen LogP contribution < -0.4 is 0 Å². The van der Waals surface area contributed by atoms with E-state index in [1.165, 1.54) is 0 Å². The van der Waals surface area contributed by atoms with Crippen molar-refractivity contribution in [3.63, 3.8) is 0 Å². The smallest absolute Gasteiger partial charge is 0.264 e. The molecular weight excluding hydrogens is 278 g/mol. The van der Waals surface area contributed by atoms with Gasteiger partial charge < -0.3 is 0 Å². The van der Waals surface area contributed by atoms with Gasteiger partial charge in [-0.1, -0.05) is 0 Å². The molecule has 1 atom stereocenters. The molecule has 1 aliphatic heterocycles. The highest BCUT2D eigenvalue weighted by Crippen LogP contribution is 2.17. The lowest BCUT2D eigenvalue weighted by Gasteiger charge is -2.32. The Hall–Kier alpha value is -0.440. The van der Waals surface area contributed by atoms with Gasteiger partial charge in [0.05, 0.1) is 17.7 Å². The van der Waals surface area contributed by atoms with E-state index in [4.69, 9.17) is 0 Å². The quantitative estimate of drug-likeness (QED) is 0.400. The molecule has 0 aromatic carbocycles. The lowest BCUT2D eigenvalue weighted by Crippen LogP contribution is -2.43. The molecule has 1 rings (SSSR count). The van der Waals surface area contributed by atoms with Gasteiger partial charge in [-0.05, 0) is 39.3 Å². The summed E-state index contributed by atoms with van der Waals surface area (Å²) in [5.41, 5.74) is 0. The largest absolute Gasteiger partial charge is 0.299 e. The number of piperidine rings is 1. The first-order valence-electron chi connectivity index (χ1n) is 5.81. The van der Waals surface area contributed by atoms with Crippen molar-refractivity contribution < 1.29 is 21.0 Å². The van der Waals surface area contributed by atoms with Gasteiger partial charge in [-0.3, -0.25) is 9.08 Å². The van der Waals surface area contributed by atoms with Gasteiger partial charge in [0.15, 0.2) is 0 Å². The normalized spacial score (nSPS) is 22.1.